The average Bonchev–Trinajstić information content (AvgIpc) is 2.31. The van der Waals surface area contributed by atoms with E-state index in [-0.39, 0.29) is 12.8 Å². The SMILES string of the molecule is NC(CCC(=O)O)c1c(F)c(F)c(Cl)c(F)c1Br. The van der Waals surface area contributed by atoms with Crippen molar-refractivity contribution in [1.82, 2.24) is 0 Å². The molecule has 0 spiro atoms. The van der Waals surface area contributed by atoms with Crippen molar-refractivity contribution in [3.8, 4) is 0 Å². The van der Waals surface area contributed by atoms with Crippen LogP contribution in [0.5, 0.6) is 0 Å². The number of hydrogen-bond acceptors (Lipinski definition) is 2. The minimum Gasteiger partial charge on any atom is -0.481 e. The molecule has 3 nitrogen and oxygen atoms in total. The lowest BCUT2D eigenvalue weighted by Gasteiger charge is -2.15. The van der Waals surface area contributed by atoms with Gasteiger partial charge < -0.3 is 10.8 Å². The number of hydrogen-bond donors (Lipinski definition) is 2. The van der Waals surface area contributed by atoms with Crippen molar-refractivity contribution in [2.45, 2.75) is 18.9 Å². The fourth-order valence-corrected chi connectivity index (χ4v) is 2.33. The zero-order chi connectivity index (χ0) is 14.0. The third-order valence-electron chi connectivity index (χ3n) is 2.28. The van der Waals surface area contributed by atoms with Crippen LogP contribution in [0.15, 0.2) is 4.47 Å². The molecule has 0 fully saturated rings. The minimum atomic E-state index is -1.54. The first-order valence-corrected chi connectivity index (χ1v) is 5.93. The van der Waals surface area contributed by atoms with Gasteiger partial charge in [0.2, 0.25) is 0 Å². The van der Waals surface area contributed by atoms with Gasteiger partial charge in [-0.2, -0.15) is 0 Å². The average molecular weight is 347 g/mol. The Labute approximate surface area is 114 Å². The molecule has 0 saturated heterocycles. The number of aliphatic carboxylic acids is 1. The van der Waals surface area contributed by atoms with Crippen LogP contribution in [0.3, 0.4) is 0 Å². The first-order valence-electron chi connectivity index (χ1n) is 4.76. The van der Waals surface area contributed by atoms with Crippen LogP contribution in [0, 0.1) is 17.5 Å². The van der Waals surface area contributed by atoms with E-state index in [1.165, 1.54) is 0 Å². The van der Waals surface area contributed by atoms with E-state index >= 15 is 0 Å². The molecule has 0 saturated carbocycles. The van der Waals surface area contributed by atoms with Crippen molar-refractivity contribution in [3.63, 3.8) is 0 Å². The topological polar surface area (TPSA) is 63.3 Å². The fraction of sp³-hybridized carbons (Fsp3) is 0.300. The van der Waals surface area contributed by atoms with Gasteiger partial charge in [0, 0.05) is 18.0 Å². The normalized spacial score (nSPS) is 12.6. The maximum Gasteiger partial charge on any atom is 0.303 e. The first-order chi connectivity index (χ1) is 8.27. The van der Waals surface area contributed by atoms with E-state index in [0.29, 0.717) is 0 Å². The molecule has 0 bridgehead atoms. The van der Waals surface area contributed by atoms with Crippen LogP contribution < -0.4 is 5.73 Å². The summed E-state index contributed by atoms with van der Waals surface area (Å²) in [7, 11) is 0. The molecule has 1 aromatic carbocycles. The lowest BCUT2D eigenvalue weighted by molar-refractivity contribution is -0.137. The predicted octanol–water partition coefficient (Wildman–Crippen LogP) is 3.38. The first kappa shape index (κ1) is 15.3. The summed E-state index contributed by atoms with van der Waals surface area (Å²) in [5.74, 6) is -5.24. The number of carbonyl (C=O) groups is 1. The van der Waals surface area contributed by atoms with E-state index in [0.717, 1.165) is 0 Å². The number of benzene rings is 1. The summed E-state index contributed by atoms with van der Waals surface area (Å²) < 4.78 is 39.9. The van der Waals surface area contributed by atoms with Crippen LogP contribution in [0.25, 0.3) is 0 Å². The molecular formula is C10H8BrClF3NO2. The summed E-state index contributed by atoms with van der Waals surface area (Å²) >= 11 is 7.97. The predicted molar refractivity (Wildman–Crippen MR) is 62.8 cm³/mol. The van der Waals surface area contributed by atoms with Crippen molar-refractivity contribution in [2.75, 3.05) is 0 Å². The van der Waals surface area contributed by atoms with E-state index in [4.69, 9.17) is 22.4 Å². The Bertz CT molecular complexity index is 469. The second-order valence-electron chi connectivity index (χ2n) is 3.52. The van der Waals surface area contributed by atoms with Crippen molar-refractivity contribution in [1.29, 1.82) is 0 Å². The molecule has 0 aromatic heterocycles. The molecule has 0 aliphatic heterocycles. The monoisotopic (exact) mass is 345 g/mol. The smallest absolute Gasteiger partial charge is 0.303 e. The van der Waals surface area contributed by atoms with E-state index in [2.05, 4.69) is 15.9 Å². The summed E-state index contributed by atoms with van der Waals surface area (Å²) in [6, 6.07) is -1.16. The van der Waals surface area contributed by atoms with Gasteiger partial charge in [-0.3, -0.25) is 4.79 Å². The fourth-order valence-electron chi connectivity index (χ4n) is 1.37. The quantitative estimate of drug-likeness (QED) is 0.649. The highest BCUT2D eigenvalue weighted by Crippen LogP contribution is 2.36. The molecule has 0 heterocycles. The van der Waals surface area contributed by atoms with Crippen LogP contribution in [0.1, 0.15) is 24.4 Å². The Morgan fingerprint density at radius 3 is 2.39 bits per heavy atom. The molecule has 8 heteroatoms. The molecule has 100 valence electrons. The number of rotatable bonds is 4. The van der Waals surface area contributed by atoms with E-state index in [9.17, 15) is 18.0 Å². The number of nitrogens with two attached hydrogens (primary N) is 1. The molecule has 1 unspecified atom stereocenters. The van der Waals surface area contributed by atoms with Crippen LogP contribution in [-0.4, -0.2) is 11.1 Å². The van der Waals surface area contributed by atoms with Crippen LogP contribution in [0.4, 0.5) is 13.2 Å². The Kier molecular flexibility index (Phi) is 5.01. The van der Waals surface area contributed by atoms with Crippen LogP contribution in [0.2, 0.25) is 5.02 Å². The van der Waals surface area contributed by atoms with Gasteiger partial charge >= 0.3 is 5.97 Å². The van der Waals surface area contributed by atoms with Crippen LogP contribution in [-0.2, 0) is 4.79 Å². The highest BCUT2D eigenvalue weighted by atomic mass is 79.9. The summed E-state index contributed by atoms with van der Waals surface area (Å²) in [5.41, 5.74) is 5.06. The van der Waals surface area contributed by atoms with E-state index < -0.39 is 44.5 Å². The summed E-state index contributed by atoms with van der Waals surface area (Å²) in [6.07, 6.45) is -0.510. The lowest BCUT2D eigenvalue weighted by atomic mass is 10.0. The number of carboxylic acids is 1. The van der Waals surface area contributed by atoms with E-state index in [1.54, 1.807) is 0 Å². The van der Waals surface area contributed by atoms with Gasteiger partial charge in [0.25, 0.3) is 0 Å². The summed E-state index contributed by atoms with van der Waals surface area (Å²) in [5, 5.41) is 7.49. The zero-order valence-corrected chi connectivity index (χ0v) is 11.2. The molecular weight excluding hydrogens is 338 g/mol. The summed E-state index contributed by atoms with van der Waals surface area (Å²) in [4.78, 5) is 10.4. The van der Waals surface area contributed by atoms with Gasteiger partial charge in [-0.05, 0) is 22.4 Å². The lowest BCUT2D eigenvalue weighted by Crippen LogP contribution is -2.16. The highest BCUT2D eigenvalue weighted by Gasteiger charge is 2.26. The zero-order valence-electron chi connectivity index (χ0n) is 8.81. The van der Waals surface area contributed by atoms with E-state index in [1.807, 2.05) is 0 Å². The third kappa shape index (κ3) is 2.96. The number of halogens is 5. The third-order valence-corrected chi connectivity index (χ3v) is 3.39. The van der Waals surface area contributed by atoms with Gasteiger partial charge in [0.15, 0.2) is 17.5 Å². The molecule has 3 N–H and O–H groups in total. The van der Waals surface area contributed by atoms with Crippen molar-refractivity contribution in [2.24, 2.45) is 5.73 Å². The van der Waals surface area contributed by atoms with Crippen molar-refractivity contribution < 1.29 is 23.1 Å². The number of carboxylic acid groups (broad SMARTS) is 1. The van der Waals surface area contributed by atoms with Gasteiger partial charge in [-0.25, -0.2) is 13.2 Å². The Hall–Kier alpha value is -0.790. The summed E-state index contributed by atoms with van der Waals surface area (Å²) in [6.45, 7) is 0. The molecule has 0 aliphatic carbocycles. The van der Waals surface area contributed by atoms with Crippen molar-refractivity contribution >= 4 is 33.5 Å². The van der Waals surface area contributed by atoms with Gasteiger partial charge in [-0.15, -0.1) is 0 Å². The molecule has 0 radical (unpaired) electrons. The standard InChI is InChI=1S/C10H8BrClF3NO2/c11-6-5(3(16)1-2-4(17)18)8(13)10(15)7(12)9(6)14/h3H,1-2,16H2,(H,17,18). The largest absolute Gasteiger partial charge is 0.481 e. The maximum atomic E-state index is 13.6. The maximum absolute atomic E-state index is 13.6. The minimum absolute atomic E-state index is 0.161. The van der Waals surface area contributed by atoms with Gasteiger partial charge in [-0.1, -0.05) is 11.6 Å². The Balaban J connectivity index is 3.20. The van der Waals surface area contributed by atoms with Crippen molar-refractivity contribution in [3.05, 3.63) is 32.5 Å². The molecule has 0 amide bonds. The molecule has 1 aromatic rings. The van der Waals surface area contributed by atoms with Crippen LogP contribution >= 0.6 is 27.5 Å². The Morgan fingerprint density at radius 1 is 1.33 bits per heavy atom. The van der Waals surface area contributed by atoms with Gasteiger partial charge in [0.05, 0.1) is 4.47 Å². The van der Waals surface area contributed by atoms with Gasteiger partial charge in [0.1, 0.15) is 5.02 Å². The highest BCUT2D eigenvalue weighted by molar-refractivity contribution is 9.10. The Morgan fingerprint density at radius 2 is 1.89 bits per heavy atom. The second-order valence-corrected chi connectivity index (χ2v) is 4.69. The molecule has 0 aliphatic rings. The molecule has 1 atom stereocenters. The molecule has 1 rings (SSSR count). The second kappa shape index (κ2) is 5.90. The molecule has 18 heavy (non-hydrogen) atoms.